The van der Waals surface area contributed by atoms with Crippen molar-refractivity contribution >= 4 is 34.8 Å². The number of nitrogens with zero attached hydrogens (tertiary/aromatic N) is 1. The molecule has 2 aromatic rings. The molecule has 6 heteroatoms. The number of halogens is 1. The molecule has 1 N–H and O–H groups in total. The maximum atomic E-state index is 12.2. The van der Waals surface area contributed by atoms with Crippen LogP contribution in [0.1, 0.15) is 17.3 Å². The molecule has 2 aromatic carbocycles. The SMILES string of the molecule is CC1Oc2cc(NC(=O)c3cccc(Cl)c3)ccc2N(C)C1=O. The molecule has 118 valence electrons. The third-order valence-corrected chi connectivity index (χ3v) is 3.88. The predicted molar refractivity (Wildman–Crippen MR) is 89.3 cm³/mol. The first-order valence-corrected chi connectivity index (χ1v) is 7.48. The topological polar surface area (TPSA) is 58.6 Å². The number of carbonyl (C=O) groups is 2. The van der Waals surface area contributed by atoms with Gasteiger partial charge in [-0.3, -0.25) is 9.59 Å². The van der Waals surface area contributed by atoms with Crippen molar-refractivity contribution in [3.05, 3.63) is 53.1 Å². The highest BCUT2D eigenvalue weighted by Crippen LogP contribution is 2.35. The largest absolute Gasteiger partial charge is 0.479 e. The maximum absolute atomic E-state index is 12.2. The van der Waals surface area contributed by atoms with Crippen LogP contribution >= 0.6 is 11.6 Å². The zero-order valence-corrected chi connectivity index (χ0v) is 13.4. The van der Waals surface area contributed by atoms with Gasteiger partial charge in [-0.15, -0.1) is 0 Å². The first-order chi connectivity index (χ1) is 11.0. The fourth-order valence-electron chi connectivity index (χ4n) is 2.43. The van der Waals surface area contributed by atoms with E-state index in [1.165, 1.54) is 0 Å². The Labute approximate surface area is 138 Å². The summed E-state index contributed by atoms with van der Waals surface area (Å²) in [5.74, 6) is 0.192. The lowest BCUT2D eigenvalue weighted by atomic mass is 10.1. The van der Waals surface area contributed by atoms with Crippen LogP contribution in [0.4, 0.5) is 11.4 Å². The smallest absolute Gasteiger partial charge is 0.267 e. The van der Waals surface area contributed by atoms with Gasteiger partial charge in [0.25, 0.3) is 11.8 Å². The van der Waals surface area contributed by atoms with Gasteiger partial charge in [0.05, 0.1) is 5.69 Å². The monoisotopic (exact) mass is 330 g/mol. The minimum absolute atomic E-state index is 0.104. The second-order valence-electron chi connectivity index (χ2n) is 5.30. The zero-order chi connectivity index (χ0) is 16.6. The van der Waals surface area contributed by atoms with Gasteiger partial charge in [-0.25, -0.2) is 0 Å². The summed E-state index contributed by atoms with van der Waals surface area (Å²) in [7, 11) is 1.70. The molecule has 2 amide bonds. The zero-order valence-electron chi connectivity index (χ0n) is 12.7. The summed E-state index contributed by atoms with van der Waals surface area (Å²) >= 11 is 5.90. The molecule has 23 heavy (non-hydrogen) atoms. The Bertz CT molecular complexity index is 791. The summed E-state index contributed by atoms with van der Waals surface area (Å²) in [4.78, 5) is 25.7. The molecule has 0 radical (unpaired) electrons. The molecule has 5 nitrogen and oxygen atoms in total. The molecule has 0 spiro atoms. The minimum Gasteiger partial charge on any atom is -0.479 e. The van der Waals surface area contributed by atoms with Crippen LogP contribution < -0.4 is 15.0 Å². The third kappa shape index (κ3) is 3.00. The number of nitrogens with one attached hydrogen (secondary N) is 1. The average molecular weight is 331 g/mol. The summed E-state index contributed by atoms with van der Waals surface area (Å²) in [6, 6.07) is 11.9. The predicted octanol–water partition coefficient (Wildman–Crippen LogP) is 3.34. The number of amides is 2. The van der Waals surface area contributed by atoms with Crippen LogP contribution in [0, 0.1) is 0 Å². The normalized spacial score (nSPS) is 16.6. The van der Waals surface area contributed by atoms with Gasteiger partial charge in [0.15, 0.2) is 6.10 Å². The molecule has 1 aliphatic rings. The van der Waals surface area contributed by atoms with Gasteiger partial charge < -0.3 is 15.0 Å². The quantitative estimate of drug-likeness (QED) is 0.918. The van der Waals surface area contributed by atoms with Crippen molar-refractivity contribution in [3.8, 4) is 5.75 Å². The van der Waals surface area contributed by atoms with Crippen molar-refractivity contribution in [2.75, 3.05) is 17.3 Å². The molecule has 0 saturated carbocycles. The van der Waals surface area contributed by atoms with Gasteiger partial charge in [-0.2, -0.15) is 0 Å². The van der Waals surface area contributed by atoms with E-state index in [0.29, 0.717) is 27.7 Å². The molecule has 0 saturated heterocycles. The van der Waals surface area contributed by atoms with E-state index in [4.69, 9.17) is 16.3 Å². The van der Waals surface area contributed by atoms with Crippen LogP contribution in [0.2, 0.25) is 5.02 Å². The fraction of sp³-hybridized carbons (Fsp3) is 0.176. The van der Waals surface area contributed by atoms with Crippen LogP contribution in [0.15, 0.2) is 42.5 Å². The van der Waals surface area contributed by atoms with Crippen molar-refractivity contribution < 1.29 is 14.3 Å². The minimum atomic E-state index is -0.550. The van der Waals surface area contributed by atoms with E-state index < -0.39 is 6.10 Å². The molecule has 1 heterocycles. The van der Waals surface area contributed by atoms with Crippen LogP contribution in [0.5, 0.6) is 5.75 Å². The number of hydrogen-bond acceptors (Lipinski definition) is 3. The fourth-order valence-corrected chi connectivity index (χ4v) is 2.62. The Kier molecular flexibility index (Phi) is 3.96. The summed E-state index contributed by atoms with van der Waals surface area (Å²) in [5, 5.41) is 3.30. The summed E-state index contributed by atoms with van der Waals surface area (Å²) in [6.45, 7) is 1.69. The van der Waals surface area contributed by atoms with Gasteiger partial charge in [0, 0.05) is 29.4 Å². The Morgan fingerprint density at radius 3 is 2.78 bits per heavy atom. The first-order valence-electron chi connectivity index (χ1n) is 7.11. The highest BCUT2D eigenvalue weighted by Gasteiger charge is 2.28. The highest BCUT2D eigenvalue weighted by molar-refractivity contribution is 6.31. The Morgan fingerprint density at radius 2 is 2.04 bits per heavy atom. The number of carbonyl (C=O) groups excluding carboxylic acids is 2. The number of anilines is 2. The number of rotatable bonds is 2. The van der Waals surface area contributed by atoms with Crippen LogP contribution in [-0.4, -0.2) is 25.0 Å². The third-order valence-electron chi connectivity index (χ3n) is 3.65. The molecular formula is C17H15ClN2O3. The Morgan fingerprint density at radius 1 is 1.26 bits per heavy atom. The maximum Gasteiger partial charge on any atom is 0.267 e. The summed E-state index contributed by atoms with van der Waals surface area (Å²) in [6.07, 6.45) is -0.550. The molecule has 1 aliphatic heterocycles. The molecule has 1 unspecified atom stereocenters. The van der Waals surface area contributed by atoms with Crippen molar-refractivity contribution in [2.24, 2.45) is 0 Å². The molecule has 0 fully saturated rings. The summed E-state index contributed by atoms with van der Waals surface area (Å²) < 4.78 is 5.60. The molecule has 0 bridgehead atoms. The van der Waals surface area contributed by atoms with E-state index in [1.807, 2.05) is 0 Å². The number of ether oxygens (including phenoxy) is 1. The van der Waals surface area contributed by atoms with Gasteiger partial charge in [-0.05, 0) is 37.3 Å². The lowest BCUT2D eigenvalue weighted by molar-refractivity contribution is -0.125. The average Bonchev–Trinajstić information content (AvgIpc) is 2.52. The van der Waals surface area contributed by atoms with Crippen molar-refractivity contribution in [1.82, 2.24) is 0 Å². The molecular weight excluding hydrogens is 316 g/mol. The highest BCUT2D eigenvalue weighted by atomic mass is 35.5. The molecule has 1 atom stereocenters. The Balaban J connectivity index is 1.84. The molecule has 0 aromatic heterocycles. The second-order valence-corrected chi connectivity index (χ2v) is 5.74. The Hall–Kier alpha value is -2.53. The van der Waals surface area contributed by atoms with Crippen LogP contribution in [0.3, 0.4) is 0 Å². The first kappa shape index (κ1) is 15.4. The van der Waals surface area contributed by atoms with E-state index in [0.717, 1.165) is 0 Å². The van der Waals surface area contributed by atoms with Crippen LogP contribution in [-0.2, 0) is 4.79 Å². The standard InChI is InChI=1S/C17H15ClN2O3/c1-10-17(22)20(2)14-7-6-13(9-15(14)23-10)19-16(21)11-4-3-5-12(18)8-11/h3-10H,1-2H3,(H,19,21). The molecule has 3 rings (SSSR count). The van der Waals surface area contributed by atoms with Crippen LogP contribution in [0.25, 0.3) is 0 Å². The van der Waals surface area contributed by atoms with Crippen molar-refractivity contribution in [1.29, 1.82) is 0 Å². The van der Waals surface area contributed by atoms with E-state index in [1.54, 1.807) is 61.3 Å². The second kappa shape index (κ2) is 5.93. The summed E-state index contributed by atoms with van der Waals surface area (Å²) in [5.41, 5.74) is 1.73. The van der Waals surface area contributed by atoms with Gasteiger partial charge in [0.1, 0.15) is 5.75 Å². The van der Waals surface area contributed by atoms with E-state index in [-0.39, 0.29) is 11.8 Å². The number of hydrogen-bond donors (Lipinski definition) is 1. The lowest BCUT2D eigenvalue weighted by Gasteiger charge is -2.30. The van der Waals surface area contributed by atoms with E-state index >= 15 is 0 Å². The number of benzene rings is 2. The van der Waals surface area contributed by atoms with E-state index in [9.17, 15) is 9.59 Å². The molecule has 0 aliphatic carbocycles. The van der Waals surface area contributed by atoms with Gasteiger partial charge in [0.2, 0.25) is 0 Å². The van der Waals surface area contributed by atoms with Gasteiger partial charge in [-0.1, -0.05) is 17.7 Å². The lowest BCUT2D eigenvalue weighted by Crippen LogP contribution is -2.41. The number of likely N-dealkylation sites (N-methyl/N-ethyl adjacent to an activating group) is 1. The van der Waals surface area contributed by atoms with Crippen molar-refractivity contribution in [3.63, 3.8) is 0 Å². The van der Waals surface area contributed by atoms with E-state index in [2.05, 4.69) is 5.32 Å². The van der Waals surface area contributed by atoms with Crippen molar-refractivity contribution in [2.45, 2.75) is 13.0 Å². The number of fused-ring (bicyclic) bond motifs is 1. The van der Waals surface area contributed by atoms with Gasteiger partial charge >= 0.3 is 0 Å².